The Morgan fingerprint density at radius 2 is 1.89 bits per heavy atom. The maximum absolute atomic E-state index is 11.5. The van der Waals surface area contributed by atoms with Crippen LogP contribution >= 0.6 is 28.3 Å². The monoisotopic (exact) mass is 353 g/mol. The van der Waals surface area contributed by atoms with E-state index in [0.717, 1.165) is 32.4 Å². The topological polar surface area (TPSA) is 89.2 Å². The SMILES string of the molecule is Cl.O=c1[nH]c(N2CCC(CCO)CC2)c(Br)c(=O)[nH]1. The van der Waals surface area contributed by atoms with Gasteiger partial charge in [0.1, 0.15) is 10.3 Å². The fourth-order valence-corrected chi connectivity index (χ4v) is 2.75. The first-order valence-electron chi connectivity index (χ1n) is 5.99. The number of aliphatic hydroxyl groups is 1. The van der Waals surface area contributed by atoms with Gasteiger partial charge in [0.2, 0.25) is 0 Å². The largest absolute Gasteiger partial charge is 0.396 e. The van der Waals surface area contributed by atoms with Gasteiger partial charge in [0.15, 0.2) is 0 Å². The zero-order valence-electron chi connectivity index (χ0n) is 10.3. The Bertz CT molecular complexity index is 523. The Balaban J connectivity index is 0.00000180. The van der Waals surface area contributed by atoms with E-state index in [1.54, 1.807) is 0 Å². The molecule has 1 aromatic heterocycles. The first kappa shape index (κ1) is 16.3. The van der Waals surface area contributed by atoms with Gasteiger partial charge in [0.05, 0.1) is 0 Å². The smallest absolute Gasteiger partial charge is 0.327 e. The van der Waals surface area contributed by atoms with Crippen LogP contribution in [-0.4, -0.2) is 34.8 Å². The minimum absolute atomic E-state index is 0. The summed E-state index contributed by atoms with van der Waals surface area (Å²) in [4.78, 5) is 29.6. The summed E-state index contributed by atoms with van der Waals surface area (Å²) in [7, 11) is 0. The van der Waals surface area contributed by atoms with Gasteiger partial charge in [-0.3, -0.25) is 14.8 Å². The number of halogens is 2. The van der Waals surface area contributed by atoms with E-state index in [9.17, 15) is 9.59 Å². The van der Waals surface area contributed by atoms with Crippen LogP contribution in [0, 0.1) is 5.92 Å². The zero-order chi connectivity index (χ0) is 13.1. The average Bonchev–Trinajstić information content (AvgIpc) is 2.35. The number of hydrogen-bond acceptors (Lipinski definition) is 4. The third kappa shape index (κ3) is 3.84. The molecule has 0 atom stereocenters. The lowest BCUT2D eigenvalue weighted by Crippen LogP contribution is -2.37. The lowest BCUT2D eigenvalue weighted by atomic mass is 9.94. The van der Waals surface area contributed by atoms with Crippen LogP contribution in [0.5, 0.6) is 0 Å². The van der Waals surface area contributed by atoms with Crippen LogP contribution in [0.15, 0.2) is 14.1 Å². The van der Waals surface area contributed by atoms with Crippen LogP contribution in [0.25, 0.3) is 0 Å². The Morgan fingerprint density at radius 1 is 1.26 bits per heavy atom. The molecule has 0 amide bonds. The molecule has 0 bridgehead atoms. The highest BCUT2D eigenvalue weighted by molar-refractivity contribution is 9.10. The van der Waals surface area contributed by atoms with E-state index in [1.807, 2.05) is 4.90 Å². The number of nitrogens with one attached hydrogen (secondary N) is 2. The molecule has 2 rings (SSSR count). The second-order valence-corrected chi connectivity index (χ2v) is 5.31. The van der Waals surface area contributed by atoms with Crippen LogP contribution in [0.4, 0.5) is 5.82 Å². The van der Waals surface area contributed by atoms with Gasteiger partial charge in [-0.25, -0.2) is 4.79 Å². The number of nitrogens with zero attached hydrogens (tertiary/aromatic N) is 1. The van der Waals surface area contributed by atoms with Gasteiger partial charge in [-0.15, -0.1) is 12.4 Å². The molecule has 0 aliphatic carbocycles. The first-order valence-corrected chi connectivity index (χ1v) is 6.79. The van der Waals surface area contributed by atoms with Crippen molar-refractivity contribution in [2.75, 3.05) is 24.6 Å². The van der Waals surface area contributed by atoms with Crippen molar-refractivity contribution in [3.63, 3.8) is 0 Å². The zero-order valence-corrected chi connectivity index (χ0v) is 12.7. The fourth-order valence-electron chi connectivity index (χ4n) is 2.30. The molecular weight excluding hydrogens is 337 g/mol. The van der Waals surface area contributed by atoms with Gasteiger partial charge >= 0.3 is 5.69 Å². The van der Waals surface area contributed by atoms with E-state index < -0.39 is 11.2 Å². The van der Waals surface area contributed by atoms with Crippen molar-refractivity contribution in [3.05, 3.63) is 25.3 Å². The Kier molecular flexibility index (Phi) is 6.09. The van der Waals surface area contributed by atoms with Gasteiger partial charge in [-0.1, -0.05) is 0 Å². The van der Waals surface area contributed by atoms with Crippen LogP contribution in [-0.2, 0) is 0 Å². The van der Waals surface area contributed by atoms with E-state index in [-0.39, 0.29) is 19.0 Å². The molecule has 108 valence electrons. The minimum Gasteiger partial charge on any atom is -0.396 e. The highest BCUT2D eigenvalue weighted by atomic mass is 79.9. The van der Waals surface area contributed by atoms with E-state index in [2.05, 4.69) is 25.9 Å². The van der Waals surface area contributed by atoms with Crippen LogP contribution < -0.4 is 16.1 Å². The second-order valence-electron chi connectivity index (χ2n) is 4.51. The number of rotatable bonds is 3. The summed E-state index contributed by atoms with van der Waals surface area (Å²) in [5, 5.41) is 8.90. The third-order valence-electron chi connectivity index (χ3n) is 3.33. The van der Waals surface area contributed by atoms with Gasteiger partial charge in [0, 0.05) is 19.7 Å². The Hall–Kier alpha value is -0.790. The van der Waals surface area contributed by atoms with Crippen molar-refractivity contribution < 1.29 is 5.11 Å². The molecule has 0 saturated carbocycles. The Labute approximate surface area is 124 Å². The average molecular weight is 355 g/mol. The number of aliphatic hydroxyl groups excluding tert-OH is 1. The molecule has 6 nitrogen and oxygen atoms in total. The molecule has 8 heteroatoms. The van der Waals surface area contributed by atoms with Crippen molar-refractivity contribution >= 4 is 34.2 Å². The van der Waals surface area contributed by atoms with Gasteiger partial charge in [0.25, 0.3) is 5.56 Å². The van der Waals surface area contributed by atoms with E-state index in [0.29, 0.717) is 16.2 Å². The molecule has 2 heterocycles. The molecular formula is C11H17BrClN3O3. The maximum atomic E-state index is 11.5. The lowest BCUT2D eigenvalue weighted by Gasteiger charge is -2.33. The summed E-state index contributed by atoms with van der Waals surface area (Å²) in [6.45, 7) is 1.78. The summed E-state index contributed by atoms with van der Waals surface area (Å²) >= 11 is 3.20. The molecule has 19 heavy (non-hydrogen) atoms. The highest BCUT2D eigenvalue weighted by Crippen LogP contribution is 2.26. The number of anilines is 1. The van der Waals surface area contributed by atoms with Crippen LogP contribution in [0.2, 0.25) is 0 Å². The predicted molar refractivity (Wildman–Crippen MR) is 79.3 cm³/mol. The minimum atomic E-state index is -0.490. The molecule has 1 aromatic rings. The number of piperidine rings is 1. The summed E-state index contributed by atoms with van der Waals surface area (Å²) in [5.41, 5.74) is -0.901. The molecule has 1 aliphatic heterocycles. The molecule has 1 fully saturated rings. The van der Waals surface area contributed by atoms with E-state index >= 15 is 0 Å². The Morgan fingerprint density at radius 3 is 2.47 bits per heavy atom. The van der Waals surface area contributed by atoms with Gasteiger partial charge in [-0.05, 0) is 41.1 Å². The summed E-state index contributed by atoms with van der Waals surface area (Å²) in [6, 6.07) is 0. The third-order valence-corrected chi connectivity index (χ3v) is 4.07. The van der Waals surface area contributed by atoms with Gasteiger partial charge < -0.3 is 10.0 Å². The van der Waals surface area contributed by atoms with Crippen molar-refractivity contribution in [2.45, 2.75) is 19.3 Å². The normalized spacial score (nSPS) is 16.2. The number of H-pyrrole nitrogens is 2. The molecule has 3 N–H and O–H groups in total. The van der Waals surface area contributed by atoms with Crippen molar-refractivity contribution in [1.82, 2.24) is 9.97 Å². The summed E-state index contributed by atoms with van der Waals surface area (Å²) in [5.74, 6) is 1.07. The van der Waals surface area contributed by atoms with E-state index in [1.165, 1.54) is 0 Å². The van der Waals surface area contributed by atoms with Crippen LogP contribution in [0.1, 0.15) is 19.3 Å². The summed E-state index contributed by atoms with van der Waals surface area (Å²) in [6.07, 6.45) is 2.74. The molecule has 0 radical (unpaired) electrons. The summed E-state index contributed by atoms with van der Waals surface area (Å²) < 4.78 is 0.364. The van der Waals surface area contributed by atoms with Gasteiger partial charge in [-0.2, -0.15) is 0 Å². The standard InChI is InChI=1S/C11H16BrN3O3.ClH/c12-8-9(13-11(18)14-10(8)17)15-4-1-7(2-5-15)3-6-16;/h7,16H,1-6H2,(H2,13,14,17,18);1H. The number of aromatic nitrogens is 2. The number of aromatic amines is 2. The molecule has 0 unspecified atom stereocenters. The van der Waals surface area contributed by atoms with E-state index in [4.69, 9.17) is 5.11 Å². The second kappa shape index (κ2) is 7.12. The van der Waals surface area contributed by atoms with Crippen molar-refractivity contribution in [3.8, 4) is 0 Å². The first-order chi connectivity index (χ1) is 8.61. The number of hydrogen-bond donors (Lipinski definition) is 3. The molecule has 0 spiro atoms. The quantitative estimate of drug-likeness (QED) is 0.750. The molecule has 1 saturated heterocycles. The maximum Gasteiger partial charge on any atom is 0.327 e. The lowest BCUT2D eigenvalue weighted by molar-refractivity contribution is 0.240. The fraction of sp³-hybridized carbons (Fsp3) is 0.636. The van der Waals surface area contributed by atoms with Crippen LogP contribution in [0.3, 0.4) is 0 Å². The highest BCUT2D eigenvalue weighted by Gasteiger charge is 2.21. The van der Waals surface area contributed by atoms with Crippen molar-refractivity contribution in [1.29, 1.82) is 0 Å². The predicted octanol–water partition coefficient (Wildman–Crippen LogP) is 0.846. The van der Waals surface area contributed by atoms with Crippen molar-refractivity contribution in [2.24, 2.45) is 5.92 Å². The molecule has 0 aromatic carbocycles. The molecule has 1 aliphatic rings.